The van der Waals surface area contributed by atoms with Crippen LogP contribution in [0, 0.1) is 6.92 Å². The predicted molar refractivity (Wildman–Crippen MR) is 102 cm³/mol. The van der Waals surface area contributed by atoms with Crippen LogP contribution in [0.5, 0.6) is 0 Å². The number of nitrogens with zero attached hydrogens (tertiary/aromatic N) is 1. The first kappa shape index (κ1) is 18.2. The van der Waals surface area contributed by atoms with Gasteiger partial charge in [0.25, 0.3) is 5.91 Å². The van der Waals surface area contributed by atoms with Crippen molar-refractivity contribution in [3.8, 4) is 0 Å². The Kier molecular flexibility index (Phi) is 4.99. The van der Waals surface area contributed by atoms with Crippen molar-refractivity contribution in [2.45, 2.75) is 38.0 Å². The molecule has 144 valence electrons. The van der Waals surface area contributed by atoms with E-state index in [0.29, 0.717) is 18.4 Å². The molecule has 1 aromatic carbocycles. The molecule has 2 saturated heterocycles. The second-order valence-corrected chi connectivity index (χ2v) is 7.51. The van der Waals surface area contributed by atoms with Crippen molar-refractivity contribution in [1.29, 1.82) is 0 Å². The fraction of sp³-hybridized carbons (Fsp3) is 0.500. The minimum Gasteiger partial charge on any atom is -0.396 e. The van der Waals surface area contributed by atoms with Crippen LogP contribution < -0.4 is 10.7 Å². The Morgan fingerprint density at radius 1 is 1.41 bits per heavy atom. The van der Waals surface area contributed by atoms with Gasteiger partial charge in [0.15, 0.2) is 0 Å². The first-order chi connectivity index (χ1) is 13.1. The summed E-state index contributed by atoms with van der Waals surface area (Å²) in [6, 6.07) is 5.77. The third-order valence-electron chi connectivity index (χ3n) is 5.64. The standard InChI is InChI=1S/C20H25N3O4/c1-12-3-2-4-16-18(12)21-8-17(19(16)25)20(26)22-13-7-14-11-27-15(5-6-24)10-23(14)9-13/h2-4,8,13-15,24H,5-7,9-11H2,1H3,(H,21,25)(H,22,26)/t13-,14-,15-/m0/s1. The second kappa shape index (κ2) is 7.42. The number of hydrogen-bond acceptors (Lipinski definition) is 5. The van der Waals surface area contributed by atoms with Crippen molar-refractivity contribution in [1.82, 2.24) is 15.2 Å². The number of amides is 1. The van der Waals surface area contributed by atoms with E-state index < -0.39 is 0 Å². The van der Waals surface area contributed by atoms with Gasteiger partial charge >= 0.3 is 0 Å². The molecule has 7 heteroatoms. The summed E-state index contributed by atoms with van der Waals surface area (Å²) < 4.78 is 5.78. The number of pyridine rings is 1. The average molecular weight is 371 g/mol. The lowest BCUT2D eigenvalue weighted by Gasteiger charge is -2.34. The molecule has 2 aromatic rings. The molecule has 0 aliphatic carbocycles. The van der Waals surface area contributed by atoms with Crippen LogP contribution in [0.2, 0.25) is 0 Å². The lowest BCUT2D eigenvalue weighted by molar-refractivity contribution is -0.0566. The zero-order chi connectivity index (χ0) is 19.0. The van der Waals surface area contributed by atoms with Crippen LogP contribution in [0.25, 0.3) is 10.9 Å². The maximum absolute atomic E-state index is 12.7. The van der Waals surface area contributed by atoms with E-state index in [0.717, 1.165) is 30.6 Å². The first-order valence-corrected chi connectivity index (χ1v) is 9.45. The minimum atomic E-state index is -0.336. The Morgan fingerprint density at radius 3 is 3.07 bits per heavy atom. The molecule has 0 saturated carbocycles. The van der Waals surface area contributed by atoms with E-state index in [9.17, 15) is 9.59 Å². The van der Waals surface area contributed by atoms with Gasteiger partial charge in [0, 0.05) is 43.4 Å². The second-order valence-electron chi connectivity index (χ2n) is 7.51. The smallest absolute Gasteiger partial charge is 0.257 e. The van der Waals surface area contributed by atoms with Crippen LogP contribution in [0.3, 0.4) is 0 Å². The van der Waals surface area contributed by atoms with Gasteiger partial charge in [-0.1, -0.05) is 12.1 Å². The summed E-state index contributed by atoms with van der Waals surface area (Å²) >= 11 is 0. The Morgan fingerprint density at radius 2 is 2.26 bits per heavy atom. The quantitative estimate of drug-likeness (QED) is 0.739. The molecule has 2 aliphatic rings. The van der Waals surface area contributed by atoms with Gasteiger partial charge in [-0.05, 0) is 31.4 Å². The summed E-state index contributed by atoms with van der Waals surface area (Å²) in [5.74, 6) is -0.336. The van der Waals surface area contributed by atoms with Crippen molar-refractivity contribution in [2.75, 3.05) is 26.3 Å². The summed E-state index contributed by atoms with van der Waals surface area (Å²) in [7, 11) is 0. The van der Waals surface area contributed by atoms with Crippen LogP contribution in [-0.4, -0.2) is 65.4 Å². The molecule has 3 atom stereocenters. The SMILES string of the molecule is Cc1cccc2c(=O)c(C(=O)N[C@H]3C[C@H]4CO[C@@H](CCO)CN4C3)c[nH]c12. The summed E-state index contributed by atoms with van der Waals surface area (Å²) in [6.07, 6.45) is 3.00. The molecule has 0 bridgehead atoms. The summed E-state index contributed by atoms with van der Waals surface area (Å²) in [5.41, 5.74) is 1.64. The zero-order valence-corrected chi connectivity index (χ0v) is 15.4. The number of aromatic nitrogens is 1. The maximum atomic E-state index is 12.7. The van der Waals surface area contributed by atoms with Crippen LogP contribution in [0.4, 0.5) is 0 Å². The number of aryl methyl sites for hydroxylation is 1. The number of carbonyl (C=O) groups is 1. The topological polar surface area (TPSA) is 94.7 Å². The van der Waals surface area contributed by atoms with E-state index >= 15 is 0 Å². The normalized spacial score (nSPS) is 25.5. The molecule has 3 N–H and O–H groups in total. The first-order valence-electron chi connectivity index (χ1n) is 9.45. The van der Waals surface area contributed by atoms with E-state index in [2.05, 4.69) is 15.2 Å². The van der Waals surface area contributed by atoms with Gasteiger partial charge in [-0.15, -0.1) is 0 Å². The number of aliphatic hydroxyl groups is 1. The van der Waals surface area contributed by atoms with E-state index in [1.807, 2.05) is 19.1 Å². The molecular weight excluding hydrogens is 346 g/mol. The number of aromatic amines is 1. The van der Waals surface area contributed by atoms with Crippen molar-refractivity contribution in [3.05, 3.63) is 45.7 Å². The van der Waals surface area contributed by atoms with Gasteiger partial charge in [-0.3, -0.25) is 14.5 Å². The average Bonchev–Trinajstić information content (AvgIpc) is 3.04. The van der Waals surface area contributed by atoms with E-state index in [1.165, 1.54) is 6.20 Å². The highest BCUT2D eigenvalue weighted by Gasteiger charge is 2.37. The van der Waals surface area contributed by atoms with Crippen molar-refractivity contribution in [3.63, 3.8) is 0 Å². The molecule has 3 heterocycles. The summed E-state index contributed by atoms with van der Waals surface area (Å²) in [4.78, 5) is 30.8. The number of fused-ring (bicyclic) bond motifs is 2. The van der Waals surface area contributed by atoms with Gasteiger partial charge in [0.05, 0.1) is 18.2 Å². The number of benzene rings is 1. The van der Waals surface area contributed by atoms with Crippen molar-refractivity contribution >= 4 is 16.8 Å². The number of H-pyrrole nitrogens is 1. The van der Waals surface area contributed by atoms with Gasteiger partial charge in [-0.2, -0.15) is 0 Å². The number of rotatable bonds is 4. The molecule has 1 amide bonds. The number of morpholine rings is 1. The Labute approximate surface area is 157 Å². The maximum Gasteiger partial charge on any atom is 0.257 e. The Balaban J connectivity index is 1.47. The van der Waals surface area contributed by atoms with Gasteiger partial charge in [0.2, 0.25) is 5.43 Å². The fourth-order valence-corrected chi connectivity index (χ4v) is 4.20. The summed E-state index contributed by atoms with van der Waals surface area (Å²) in [6.45, 7) is 4.18. The molecular formula is C20H25N3O4. The molecule has 2 fully saturated rings. The highest BCUT2D eigenvalue weighted by molar-refractivity contribution is 5.97. The van der Waals surface area contributed by atoms with E-state index in [-0.39, 0.29) is 41.7 Å². The zero-order valence-electron chi connectivity index (χ0n) is 15.4. The Hall–Kier alpha value is -2.22. The van der Waals surface area contributed by atoms with Gasteiger partial charge in [-0.25, -0.2) is 0 Å². The van der Waals surface area contributed by atoms with Crippen molar-refractivity contribution in [2.24, 2.45) is 0 Å². The molecule has 0 radical (unpaired) electrons. The number of nitrogens with one attached hydrogen (secondary N) is 2. The lowest BCUT2D eigenvalue weighted by Crippen LogP contribution is -2.46. The highest BCUT2D eigenvalue weighted by Crippen LogP contribution is 2.24. The Bertz CT molecular complexity index is 910. The number of carbonyl (C=O) groups excluding carboxylic acids is 1. The third kappa shape index (κ3) is 3.50. The van der Waals surface area contributed by atoms with Gasteiger partial charge in [0.1, 0.15) is 5.56 Å². The molecule has 0 unspecified atom stereocenters. The van der Waals surface area contributed by atoms with Crippen LogP contribution >= 0.6 is 0 Å². The molecule has 27 heavy (non-hydrogen) atoms. The minimum absolute atomic E-state index is 0.00779. The monoisotopic (exact) mass is 371 g/mol. The molecule has 7 nitrogen and oxygen atoms in total. The fourth-order valence-electron chi connectivity index (χ4n) is 4.20. The third-order valence-corrected chi connectivity index (χ3v) is 5.64. The van der Waals surface area contributed by atoms with Crippen LogP contribution in [-0.2, 0) is 4.74 Å². The predicted octanol–water partition coefficient (Wildman–Crippen LogP) is 0.790. The molecule has 2 aliphatic heterocycles. The molecule has 4 rings (SSSR count). The largest absolute Gasteiger partial charge is 0.396 e. The van der Waals surface area contributed by atoms with Crippen LogP contribution in [0.1, 0.15) is 28.8 Å². The number of para-hydroxylation sites is 1. The van der Waals surface area contributed by atoms with Gasteiger partial charge < -0.3 is 20.1 Å². The number of aliphatic hydroxyl groups excluding tert-OH is 1. The lowest BCUT2D eigenvalue weighted by atomic mass is 10.1. The molecule has 0 spiro atoms. The van der Waals surface area contributed by atoms with Crippen LogP contribution in [0.15, 0.2) is 29.2 Å². The van der Waals surface area contributed by atoms with E-state index in [1.54, 1.807) is 6.07 Å². The summed E-state index contributed by atoms with van der Waals surface area (Å²) in [5, 5.41) is 12.6. The molecule has 1 aromatic heterocycles. The van der Waals surface area contributed by atoms with Crippen molar-refractivity contribution < 1.29 is 14.6 Å². The number of ether oxygens (including phenoxy) is 1. The van der Waals surface area contributed by atoms with E-state index in [4.69, 9.17) is 9.84 Å². The number of hydrogen-bond donors (Lipinski definition) is 3. The highest BCUT2D eigenvalue weighted by atomic mass is 16.5.